The predicted octanol–water partition coefficient (Wildman–Crippen LogP) is 3.60. The molecule has 2 rings (SSSR count). The molecule has 0 aliphatic rings. The minimum Gasteiger partial charge on any atom is -0.250 e. The zero-order valence-corrected chi connectivity index (χ0v) is 11.7. The van der Waals surface area contributed by atoms with Gasteiger partial charge in [0.25, 0.3) is 0 Å². The summed E-state index contributed by atoms with van der Waals surface area (Å²) in [4.78, 5) is 0. The molecule has 0 saturated carbocycles. The van der Waals surface area contributed by atoms with Crippen LogP contribution < -0.4 is 0 Å². The first kappa shape index (κ1) is 13.0. The van der Waals surface area contributed by atoms with E-state index in [9.17, 15) is 0 Å². The van der Waals surface area contributed by atoms with E-state index in [1.165, 1.54) is 0 Å². The molecule has 0 atom stereocenters. The second-order valence-electron chi connectivity index (χ2n) is 4.15. The van der Waals surface area contributed by atoms with Crippen molar-refractivity contribution in [2.45, 2.75) is 19.8 Å². The van der Waals surface area contributed by atoms with Crippen LogP contribution in [0.1, 0.15) is 31.2 Å². The zero-order valence-electron chi connectivity index (χ0n) is 10.1. The van der Waals surface area contributed by atoms with Gasteiger partial charge >= 0.3 is 0 Å². The lowest BCUT2D eigenvalue weighted by atomic mass is 10.2. The summed E-state index contributed by atoms with van der Waals surface area (Å²) < 4.78 is 2.11. The summed E-state index contributed by atoms with van der Waals surface area (Å²) in [7, 11) is 0. The van der Waals surface area contributed by atoms with Gasteiger partial charge in [0.15, 0.2) is 5.82 Å². The Balaban J connectivity index is 2.34. The number of H-pyrrole nitrogens is 1. The molecule has 1 heterocycles. The van der Waals surface area contributed by atoms with Crippen molar-refractivity contribution >= 4 is 30.0 Å². The van der Waals surface area contributed by atoms with Crippen LogP contribution in [0.25, 0.3) is 0 Å². The Labute approximate surface area is 115 Å². The Kier molecular flexibility index (Phi) is 3.93. The molecule has 0 amide bonds. The first-order valence-corrected chi connectivity index (χ1v) is 6.34. The molecule has 0 unspecified atom stereocenters. The van der Waals surface area contributed by atoms with Crippen LogP contribution in [-0.2, 0) is 0 Å². The monoisotopic (exact) mass is 280 g/mol. The van der Waals surface area contributed by atoms with E-state index in [-0.39, 0.29) is 5.92 Å². The number of aromatic nitrogens is 3. The first-order chi connectivity index (χ1) is 8.58. The molecule has 6 heteroatoms. The predicted molar refractivity (Wildman–Crippen MR) is 75.9 cm³/mol. The number of rotatable bonds is 3. The zero-order chi connectivity index (χ0) is 13.1. The van der Waals surface area contributed by atoms with Crippen LogP contribution in [0.2, 0.25) is 5.02 Å². The third-order valence-electron chi connectivity index (χ3n) is 2.36. The molecule has 1 aromatic carbocycles. The summed E-state index contributed by atoms with van der Waals surface area (Å²) in [5.74, 6) is 1.05. The van der Waals surface area contributed by atoms with Gasteiger partial charge in [0, 0.05) is 10.9 Å². The molecule has 0 aliphatic heterocycles. The Morgan fingerprint density at radius 1 is 1.50 bits per heavy atom. The highest BCUT2D eigenvalue weighted by atomic mass is 35.5. The molecule has 4 nitrogen and oxygen atoms in total. The van der Waals surface area contributed by atoms with Crippen molar-refractivity contribution in [3.8, 4) is 0 Å². The van der Waals surface area contributed by atoms with Crippen LogP contribution in [0.3, 0.4) is 0 Å². The van der Waals surface area contributed by atoms with Gasteiger partial charge in [-0.25, -0.2) is 0 Å². The lowest BCUT2D eigenvalue weighted by Gasteiger charge is -2.02. The van der Waals surface area contributed by atoms with Gasteiger partial charge in [-0.05, 0) is 29.9 Å². The SMILES string of the molecule is CC(C)c1n[nH]c(=S)n1/N=C\c1cccc(Cl)c1. The fraction of sp³-hybridized carbons (Fsp3) is 0.250. The number of nitrogens with zero attached hydrogens (tertiary/aromatic N) is 3. The van der Waals surface area contributed by atoms with Crippen LogP contribution in [-0.4, -0.2) is 21.1 Å². The molecule has 0 fully saturated rings. The van der Waals surface area contributed by atoms with Crippen LogP contribution >= 0.6 is 23.8 Å². The molecular formula is C12H13ClN4S. The lowest BCUT2D eigenvalue weighted by molar-refractivity contribution is 0.695. The summed E-state index contributed by atoms with van der Waals surface area (Å²) in [6, 6.07) is 7.46. The molecule has 0 spiro atoms. The van der Waals surface area contributed by atoms with Crippen LogP contribution in [0.5, 0.6) is 0 Å². The minimum atomic E-state index is 0.245. The fourth-order valence-electron chi connectivity index (χ4n) is 1.50. The van der Waals surface area contributed by atoms with Gasteiger partial charge in [0.05, 0.1) is 6.21 Å². The summed E-state index contributed by atoms with van der Waals surface area (Å²) >= 11 is 11.0. The van der Waals surface area contributed by atoms with Crippen LogP contribution in [0.4, 0.5) is 0 Å². The lowest BCUT2D eigenvalue weighted by Crippen LogP contribution is -2.00. The van der Waals surface area contributed by atoms with Gasteiger partial charge in [-0.2, -0.15) is 14.9 Å². The van der Waals surface area contributed by atoms with E-state index >= 15 is 0 Å². The number of halogens is 1. The van der Waals surface area contributed by atoms with Crippen molar-refractivity contribution in [1.82, 2.24) is 14.9 Å². The normalized spacial score (nSPS) is 11.6. The highest BCUT2D eigenvalue weighted by molar-refractivity contribution is 7.71. The van der Waals surface area contributed by atoms with Crippen molar-refractivity contribution in [2.75, 3.05) is 0 Å². The summed E-state index contributed by atoms with van der Waals surface area (Å²) in [5.41, 5.74) is 0.917. The standard InChI is InChI=1S/C12H13ClN4S/c1-8(2)11-15-16-12(18)17(11)14-7-9-4-3-5-10(13)6-9/h3-8H,1-2H3,(H,16,18)/b14-7-. The largest absolute Gasteiger partial charge is 0.250 e. The highest BCUT2D eigenvalue weighted by Crippen LogP contribution is 2.12. The molecule has 0 radical (unpaired) electrons. The molecule has 0 aliphatic carbocycles. The van der Waals surface area contributed by atoms with Crippen molar-refractivity contribution in [1.29, 1.82) is 0 Å². The summed E-state index contributed by atoms with van der Waals surface area (Å²) in [5, 5.41) is 11.9. The Bertz CT molecular complexity index is 627. The second kappa shape index (κ2) is 5.46. The van der Waals surface area contributed by atoms with E-state index < -0.39 is 0 Å². The van der Waals surface area contributed by atoms with Gasteiger partial charge < -0.3 is 0 Å². The molecule has 0 bridgehead atoms. The smallest absolute Gasteiger partial charge is 0.216 e. The van der Waals surface area contributed by atoms with Crippen LogP contribution in [0, 0.1) is 4.77 Å². The first-order valence-electron chi connectivity index (χ1n) is 5.55. The van der Waals surface area contributed by atoms with Gasteiger partial charge in [0.2, 0.25) is 4.77 Å². The summed E-state index contributed by atoms with van der Waals surface area (Å²) in [6.07, 6.45) is 1.71. The molecule has 1 N–H and O–H groups in total. The molecule has 1 aromatic heterocycles. The minimum absolute atomic E-state index is 0.245. The Morgan fingerprint density at radius 3 is 2.94 bits per heavy atom. The number of hydrogen-bond donors (Lipinski definition) is 1. The molecule has 2 aromatic rings. The Hall–Kier alpha value is -1.46. The van der Waals surface area contributed by atoms with Gasteiger partial charge in [-0.3, -0.25) is 5.10 Å². The van der Waals surface area contributed by atoms with Crippen molar-refractivity contribution in [3.63, 3.8) is 0 Å². The van der Waals surface area contributed by atoms with Gasteiger partial charge in [-0.15, -0.1) is 0 Å². The number of benzene rings is 1. The second-order valence-corrected chi connectivity index (χ2v) is 4.98. The van der Waals surface area contributed by atoms with Gasteiger partial charge in [0.1, 0.15) is 0 Å². The number of aromatic amines is 1. The third-order valence-corrected chi connectivity index (χ3v) is 2.86. The molecule has 18 heavy (non-hydrogen) atoms. The van der Waals surface area contributed by atoms with E-state index in [1.54, 1.807) is 10.9 Å². The highest BCUT2D eigenvalue weighted by Gasteiger charge is 2.08. The quantitative estimate of drug-likeness (QED) is 0.690. The fourth-order valence-corrected chi connectivity index (χ4v) is 1.89. The van der Waals surface area contributed by atoms with E-state index in [1.807, 2.05) is 38.1 Å². The third kappa shape index (κ3) is 2.86. The van der Waals surface area contributed by atoms with E-state index in [2.05, 4.69) is 15.3 Å². The van der Waals surface area contributed by atoms with Crippen LogP contribution in [0.15, 0.2) is 29.4 Å². The molecule has 94 valence electrons. The van der Waals surface area contributed by atoms with E-state index in [4.69, 9.17) is 23.8 Å². The van der Waals surface area contributed by atoms with E-state index in [0.29, 0.717) is 9.79 Å². The number of hydrogen-bond acceptors (Lipinski definition) is 3. The van der Waals surface area contributed by atoms with Gasteiger partial charge in [-0.1, -0.05) is 37.6 Å². The maximum atomic E-state index is 5.91. The Morgan fingerprint density at radius 2 is 2.28 bits per heavy atom. The van der Waals surface area contributed by atoms with Crippen molar-refractivity contribution in [2.24, 2.45) is 5.10 Å². The average molecular weight is 281 g/mol. The maximum Gasteiger partial charge on any atom is 0.216 e. The average Bonchev–Trinajstić information content (AvgIpc) is 2.68. The summed E-state index contributed by atoms with van der Waals surface area (Å²) in [6.45, 7) is 4.08. The molecular weight excluding hydrogens is 268 g/mol. The molecule has 0 saturated heterocycles. The topological polar surface area (TPSA) is 46.0 Å². The van der Waals surface area contributed by atoms with Crippen molar-refractivity contribution < 1.29 is 0 Å². The van der Waals surface area contributed by atoms with Crippen molar-refractivity contribution in [3.05, 3.63) is 45.4 Å². The van der Waals surface area contributed by atoms with E-state index in [0.717, 1.165) is 11.4 Å². The number of nitrogens with one attached hydrogen (secondary N) is 1. The maximum absolute atomic E-state index is 5.91.